The highest BCUT2D eigenvalue weighted by molar-refractivity contribution is 5.96. The lowest BCUT2D eigenvalue weighted by Crippen LogP contribution is -2.46. The largest absolute Gasteiger partial charge is 0.469 e. The fourth-order valence-corrected chi connectivity index (χ4v) is 1.66. The highest BCUT2D eigenvalue weighted by atomic mass is 16.5. The van der Waals surface area contributed by atoms with E-state index in [1.807, 2.05) is 0 Å². The number of rotatable bonds is 4. The van der Waals surface area contributed by atoms with Crippen molar-refractivity contribution in [2.75, 3.05) is 26.8 Å². The third kappa shape index (κ3) is 4.52. The number of amides is 1. The molecule has 1 aliphatic rings. The fourth-order valence-electron chi connectivity index (χ4n) is 1.66. The number of hydrogen-bond donors (Lipinski definition) is 0. The predicted molar refractivity (Wildman–Crippen MR) is 58.3 cm³/mol. The molecule has 0 N–H and O–H groups in total. The summed E-state index contributed by atoms with van der Waals surface area (Å²) < 4.78 is 9.89. The standard InChI is InChI=1S/C11H17NO5/c1-8(13)5-10(14)12-3-4-17-9(7-12)6-11(15)16-2/h9H,3-7H2,1-2H3. The Balaban J connectivity index is 2.45. The molecule has 0 saturated carbocycles. The molecular formula is C11H17NO5. The lowest BCUT2D eigenvalue weighted by molar-refractivity contribution is -0.150. The van der Waals surface area contributed by atoms with Crippen LogP contribution in [0.15, 0.2) is 0 Å². The monoisotopic (exact) mass is 243 g/mol. The molecule has 0 aromatic heterocycles. The molecule has 0 spiro atoms. The highest BCUT2D eigenvalue weighted by Gasteiger charge is 2.26. The van der Waals surface area contributed by atoms with E-state index in [0.29, 0.717) is 19.7 Å². The summed E-state index contributed by atoms with van der Waals surface area (Å²) in [6.07, 6.45) is -0.308. The molecule has 1 fully saturated rings. The first kappa shape index (κ1) is 13.6. The van der Waals surface area contributed by atoms with Gasteiger partial charge in [0.1, 0.15) is 5.78 Å². The number of ketones is 1. The van der Waals surface area contributed by atoms with Gasteiger partial charge in [0.25, 0.3) is 0 Å². The van der Waals surface area contributed by atoms with Gasteiger partial charge in [-0.15, -0.1) is 0 Å². The van der Waals surface area contributed by atoms with Gasteiger partial charge in [-0.05, 0) is 6.92 Å². The Labute approximate surface area is 99.9 Å². The van der Waals surface area contributed by atoms with Crippen LogP contribution in [0, 0.1) is 0 Å². The van der Waals surface area contributed by atoms with E-state index in [0.717, 1.165) is 0 Å². The Kier molecular flexibility index (Phi) is 5.09. The van der Waals surface area contributed by atoms with Crippen molar-refractivity contribution in [1.29, 1.82) is 0 Å². The van der Waals surface area contributed by atoms with Crippen LogP contribution in [0.1, 0.15) is 19.8 Å². The van der Waals surface area contributed by atoms with E-state index in [-0.39, 0.29) is 36.6 Å². The van der Waals surface area contributed by atoms with Gasteiger partial charge in [0.05, 0.1) is 32.7 Å². The second-order valence-corrected chi connectivity index (χ2v) is 3.99. The van der Waals surface area contributed by atoms with E-state index < -0.39 is 0 Å². The van der Waals surface area contributed by atoms with Crippen LogP contribution in [0.25, 0.3) is 0 Å². The van der Waals surface area contributed by atoms with Crippen LogP contribution in [0.2, 0.25) is 0 Å². The smallest absolute Gasteiger partial charge is 0.308 e. The van der Waals surface area contributed by atoms with Gasteiger partial charge in [0, 0.05) is 13.1 Å². The topological polar surface area (TPSA) is 72.9 Å². The number of methoxy groups -OCH3 is 1. The van der Waals surface area contributed by atoms with Crippen molar-refractivity contribution in [3.05, 3.63) is 0 Å². The van der Waals surface area contributed by atoms with Crippen molar-refractivity contribution in [2.24, 2.45) is 0 Å². The Hall–Kier alpha value is -1.43. The van der Waals surface area contributed by atoms with Crippen LogP contribution < -0.4 is 0 Å². The third-order valence-corrected chi connectivity index (χ3v) is 2.51. The number of carbonyl (C=O) groups is 3. The number of carbonyl (C=O) groups excluding carboxylic acids is 3. The van der Waals surface area contributed by atoms with E-state index in [4.69, 9.17) is 4.74 Å². The van der Waals surface area contributed by atoms with Crippen LogP contribution in [-0.2, 0) is 23.9 Å². The zero-order chi connectivity index (χ0) is 12.8. The van der Waals surface area contributed by atoms with Crippen molar-refractivity contribution in [3.8, 4) is 0 Å². The summed E-state index contributed by atoms with van der Waals surface area (Å²) in [5, 5.41) is 0. The summed E-state index contributed by atoms with van der Waals surface area (Å²) in [5.74, 6) is -0.738. The van der Waals surface area contributed by atoms with E-state index in [9.17, 15) is 14.4 Å². The van der Waals surface area contributed by atoms with Gasteiger partial charge >= 0.3 is 5.97 Å². The normalized spacial score (nSPS) is 19.9. The SMILES string of the molecule is COC(=O)CC1CN(C(=O)CC(C)=O)CCO1. The Bertz CT molecular complexity index is 315. The zero-order valence-corrected chi connectivity index (χ0v) is 10.1. The van der Waals surface area contributed by atoms with E-state index in [1.54, 1.807) is 4.90 Å². The van der Waals surface area contributed by atoms with Crippen LogP contribution in [-0.4, -0.2) is 55.5 Å². The summed E-state index contributed by atoms with van der Waals surface area (Å²) in [5.41, 5.74) is 0. The zero-order valence-electron chi connectivity index (χ0n) is 10.1. The minimum atomic E-state index is -0.365. The molecular weight excluding hydrogens is 226 g/mol. The summed E-state index contributed by atoms with van der Waals surface area (Å²) in [6, 6.07) is 0. The Morgan fingerprint density at radius 1 is 1.41 bits per heavy atom. The van der Waals surface area contributed by atoms with Gasteiger partial charge in [0.2, 0.25) is 5.91 Å². The van der Waals surface area contributed by atoms with Gasteiger partial charge in [-0.2, -0.15) is 0 Å². The second kappa shape index (κ2) is 6.34. The van der Waals surface area contributed by atoms with Gasteiger partial charge in [0.15, 0.2) is 0 Å². The predicted octanol–water partition coefficient (Wildman–Crippen LogP) is -0.244. The summed E-state index contributed by atoms with van der Waals surface area (Å²) >= 11 is 0. The molecule has 0 radical (unpaired) electrons. The molecule has 1 amide bonds. The summed E-state index contributed by atoms with van der Waals surface area (Å²) in [4.78, 5) is 35.1. The van der Waals surface area contributed by atoms with Crippen molar-refractivity contribution in [3.63, 3.8) is 0 Å². The van der Waals surface area contributed by atoms with Crippen LogP contribution in [0.5, 0.6) is 0 Å². The molecule has 1 saturated heterocycles. The Morgan fingerprint density at radius 3 is 2.71 bits per heavy atom. The van der Waals surface area contributed by atoms with Crippen molar-refractivity contribution in [2.45, 2.75) is 25.9 Å². The van der Waals surface area contributed by atoms with Crippen LogP contribution in [0.3, 0.4) is 0 Å². The van der Waals surface area contributed by atoms with Gasteiger partial charge < -0.3 is 14.4 Å². The average Bonchev–Trinajstić information content (AvgIpc) is 2.28. The van der Waals surface area contributed by atoms with Crippen LogP contribution in [0.4, 0.5) is 0 Å². The van der Waals surface area contributed by atoms with Gasteiger partial charge in [-0.3, -0.25) is 14.4 Å². The van der Waals surface area contributed by atoms with E-state index >= 15 is 0 Å². The maximum absolute atomic E-state index is 11.6. The molecule has 1 aliphatic heterocycles. The maximum atomic E-state index is 11.6. The second-order valence-electron chi connectivity index (χ2n) is 3.99. The molecule has 17 heavy (non-hydrogen) atoms. The van der Waals surface area contributed by atoms with Gasteiger partial charge in [-0.25, -0.2) is 0 Å². The number of ether oxygens (including phenoxy) is 2. The molecule has 0 aromatic rings. The fraction of sp³-hybridized carbons (Fsp3) is 0.727. The number of hydrogen-bond acceptors (Lipinski definition) is 5. The molecule has 1 heterocycles. The van der Waals surface area contributed by atoms with E-state index in [1.165, 1.54) is 14.0 Å². The molecule has 96 valence electrons. The minimum absolute atomic E-state index is 0.0923. The van der Waals surface area contributed by atoms with Gasteiger partial charge in [-0.1, -0.05) is 0 Å². The molecule has 0 aliphatic carbocycles. The first-order valence-corrected chi connectivity index (χ1v) is 5.48. The average molecular weight is 243 g/mol. The number of esters is 1. The minimum Gasteiger partial charge on any atom is -0.469 e. The van der Waals surface area contributed by atoms with E-state index in [2.05, 4.69) is 4.74 Å². The molecule has 0 bridgehead atoms. The highest BCUT2D eigenvalue weighted by Crippen LogP contribution is 2.10. The molecule has 1 atom stereocenters. The first-order chi connectivity index (χ1) is 8.02. The molecule has 6 heteroatoms. The first-order valence-electron chi connectivity index (χ1n) is 5.48. The molecule has 0 aromatic carbocycles. The maximum Gasteiger partial charge on any atom is 0.308 e. The Morgan fingerprint density at radius 2 is 2.12 bits per heavy atom. The molecule has 1 unspecified atom stereocenters. The lowest BCUT2D eigenvalue weighted by atomic mass is 10.2. The van der Waals surface area contributed by atoms with Crippen LogP contribution >= 0.6 is 0 Å². The van der Waals surface area contributed by atoms with Crippen molar-refractivity contribution >= 4 is 17.7 Å². The summed E-state index contributed by atoms with van der Waals surface area (Å²) in [7, 11) is 1.31. The molecule has 6 nitrogen and oxygen atoms in total. The molecule has 1 rings (SSSR count). The number of nitrogens with zero attached hydrogens (tertiary/aromatic N) is 1. The van der Waals surface area contributed by atoms with Crippen molar-refractivity contribution in [1.82, 2.24) is 4.90 Å². The summed E-state index contributed by atoms with van der Waals surface area (Å²) in [6.45, 7) is 2.56. The third-order valence-electron chi connectivity index (χ3n) is 2.51. The number of Topliss-reactive ketones (excluding diaryl/α,β-unsaturated/α-hetero) is 1. The quantitative estimate of drug-likeness (QED) is 0.503. The van der Waals surface area contributed by atoms with Crippen molar-refractivity contribution < 1.29 is 23.9 Å². The lowest BCUT2D eigenvalue weighted by Gasteiger charge is -2.32. The number of morpholine rings is 1.